The number of methoxy groups -OCH3 is 1. The minimum absolute atomic E-state index is 0.455. The third kappa shape index (κ3) is 3.65. The van der Waals surface area contributed by atoms with Crippen LogP contribution in [0.25, 0.3) is 0 Å². The summed E-state index contributed by atoms with van der Waals surface area (Å²) in [6.45, 7) is 1.38. The molecule has 0 spiro atoms. The number of ether oxygens (including phenoxy) is 1. The standard InChI is InChI=1S/C22H22BrNO6/c1-22(27)15(12-25)17(13-8-4-3-5-9-13)20(24(28)29)18(19(22)21(26)30-2)14-10-6-7-11-16(14)23/h3-12,15,17-20,27H,1-2H3/t15-,17-,18+,19-,20-,22-/m1/s1. The lowest BCUT2D eigenvalue weighted by Gasteiger charge is -2.49. The van der Waals surface area contributed by atoms with Crippen molar-refractivity contribution in [3.63, 3.8) is 0 Å². The van der Waals surface area contributed by atoms with E-state index in [1.165, 1.54) is 6.92 Å². The lowest BCUT2D eigenvalue weighted by atomic mass is 9.55. The highest BCUT2D eigenvalue weighted by atomic mass is 79.9. The van der Waals surface area contributed by atoms with E-state index in [-0.39, 0.29) is 0 Å². The summed E-state index contributed by atoms with van der Waals surface area (Å²) in [6.07, 6.45) is 0.514. The Morgan fingerprint density at radius 1 is 1.17 bits per heavy atom. The Morgan fingerprint density at radius 2 is 1.77 bits per heavy atom. The van der Waals surface area contributed by atoms with E-state index < -0.39 is 46.2 Å². The van der Waals surface area contributed by atoms with Gasteiger partial charge < -0.3 is 14.6 Å². The second-order valence-corrected chi connectivity index (χ2v) is 8.50. The first-order valence-electron chi connectivity index (χ1n) is 9.44. The molecule has 1 aliphatic rings. The number of nitrogens with zero attached hydrogens (tertiary/aromatic N) is 1. The van der Waals surface area contributed by atoms with Crippen molar-refractivity contribution in [3.8, 4) is 0 Å². The first-order valence-corrected chi connectivity index (χ1v) is 10.2. The van der Waals surface area contributed by atoms with Crippen LogP contribution in [-0.2, 0) is 14.3 Å². The van der Waals surface area contributed by atoms with E-state index in [2.05, 4.69) is 15.9 Å². The summed E-state index contributed by atoms with van der Waals surface area (Å²) in [5.74, 6) is -5.26. The smallest absolute Gasteiger partial charge is 0.312 e. The molecular formula is C22H22BrNO6. The molecule has 158 valence electrons. The number of rotatable bonds is 5. The molecule has 1 N–H and O–H groups in total. The molecule has 1 fully saturated rings. The molecule has 2 aromatic rings. The maximum absolute atomic E-state index is 12.8. The van der Waals surface area contributed by atoms with Crippen LogP contribution in [0.2, 0.25) is 0 Å². The van der Waals surface area contributed by atoms with E-state index in [1.54, 1.807) is 54.6 Å². The van der Waals surface area contributed by atoms with Crippen molar-refractivity contribution in [3.05, 3.63) is 80.3 Å². The fraction of sp³-hybridized carbons (Fsp3) is 0.364. The first-order chi connectivity index (χ1) is 14.3. The lowest BCUT2D eigenvalue weighted by molar-refractivity contribution is -0.539. The molecule has 1 aliphatic carbocycles. The Kier molecular flexibility index (Phi) is 6.38. The first kappa shape index (κ1) is 22.1. The Bertz CT molecular complexity index is 948. The van der Waals surface area contributed by atoms with Gasteiger partial charge in [0.15, 0.2) is 0 Å². The highest BCUT2D eigenvalue weighted by molar-refractivity contribution is 9.10. The zero-order chi connectivity index (χ0) is 22.1. The van der Waals surface area contributed by atoms with Gasteiger partial charge in [-0.1, -0.05) is 64.5 Å². The molecular weight excluding hydrogens is 454 g/mol. The van der Waals surface area contributed by atoms with Crippen molar-refractivity contribution in [1.29, 1.82) is 0 Å². The zero-order valence-electron chi connectivity index (χ0n) is 16.5. The predicted octanol–water partition coefficient (Wildman–Crippen LogP) is 3.33. The van der Waals surface area contributed by atoms with Gasteiger partial charge in [0.1, 0.15) is 6.29 Å². The minimum Gasteiger partial charge on any atom is -0.469 e. The van der Waals surface area contributed by atoms with Gasteiger partial charge in [0, 0.05) is 9.40 Å². The number of benzene rings is 2. The van der Waals surface area contributed by atoms with Gasteiger partial charge in [-0.05, 0) is 24.1 Å². The summed E-state index contributed by atoms with van der Waals surface area (Å²) < 4.78 is 5.50. The van der Waals surface area contributed by atoms with Crippen LogP contribution in [0, 0.1) is 22.0 Å². The molecule has 3 rings (SSSR count). The Labute approximate surface area is 182 Å². The predicted molar refractivity (Wildman–Crippen MR) is 113 cm³/mol. The number of hydrogen-bond donors (Lipinski definition) is 1. The van der Waals surface area contributed by atoms with E-state index in [0.717, 1.165) is 7.11 Å². The van der Waals surface area contributed by atoms with Crippen LogP contribution in [-0.4, -0.2) is 41.0 Å². The molecule has 0 heterocycles. The number of esters is 1. The van der Waals surface area contributed by atoms with Crippen molar-refractivity contribution >= 4 is 28.2 Å². The molecule has 0 radical (unpaired) electrons. The van der Waals surface area contributed by atoms with Crippen LogP contribution in [0.4, 0.5) is 0 Å². The Hall–Kier alpha value is -2.58. The molecule has 0 saturated heterocycles. The Balaban J connectivity index is 2.34. The number of carbonyl (C=O) groups is 2. The average molecular weight is 476 g/mol. The van der Waals surface area contributed by atoms with Crippen LogP contribution in [0.15, 0.2) is 59.1 Å². The van der Waals surface area contributed by atoms with Crippen molar-refractivity contribution < 1.29 is 24.4 Å². The third-order valence-corrected chi connectivity index (χ3v) is 6.80. The zero-order valence-corrected chi connectivity index (χ0v) is 18.1. The van der Waals surface area contributed by atoms with E-state index in [4.69, 9.17) is 4.74 Å². The second-order valence-electron chi connectivity index (χ2n) is 7.65. The highest BCUT2D eigenvalue weighted by Gasteiger charge is 2.64. The van der Waals surface area contributed by atoms with E-state index in [1.807, 2.05) is 0 Å². The average Bonchev–Trinajstić information content (AvgIpc) is 2.72. The minimum atomic E-state index is -1.87. The van der Waals surface area contributed by atoms with Gasteiger partial charge in [0.05, 0.1) is 36.4 Å². The quantitative estimate of drug-likeness (QED) is 0.307. The van der Waals surface area contributed by atoms with E-state index >= 15 is 0 Å². The maximum Gasteiger partial charge on any atom is 0.312 e. The number of carbonyl (C=O) groups excluding carboxylic acids is 2. The number of aldehydes is 1. The van der Waals surface area contributed by atoms with Gasteiger partial charge in [0.25, 0.3) is 0 Å². The summed E-state index contributed by atoms with van der Waals surface area (Å²) in [5.41, 5.74) is -0.820. The van der Waals surface area contributed by atoms with Gasteiger partial charge >= 0.3 is 5.97 Å². The van der Waals surface area contributed by atoms with Gasteiger partial charge in [-0.3, -0.25) is 14.9 Å². The van der Waals surface area contributed by atoms with Crippen molar-refractivity contribution in [2.24, 2.45) is 11.8 Å². The van der Waals surface area contributed by atoms with Crippen LogP contribution in [0.5, 0.6) is 0 Å². The van der Waals surface area contributed by atoms with Crippen LogP contribution in [0.1, 0.15) is 29.9 Å². The Morgan fingerprint density at radius 3 is 2.30 bits per heavy atom. The fourth-order valence-electron chi connectivity index (χ4n) is 4.75. The second kappa shape index (κ2) is 8.65. The topological polar surface area (TPSA) is 107 Å². The third-order valence-electron chi connectivity index (χ3n) is 6.08. The molecule has 8 heteroatoms. The van der Waals surface area contributed by atoms with Gasteiger partial charge in [-0.2, -0.15) is 0 Å². The molecule has 6 atom stereocenters. The normalized spacial score (nSPS) is 31.0. The number of hydrogen-bond acceptors (Lipinski definition) is 6. The van der Waals surface area contributed by atoms with Gasteiger partial charge in [-0.25, -0.2) is 0 Å². The number of halogens is 1. The molecule has 1 saturated carbocycles. The van der Waals surface area contributed by atoms with Crippen LogP contribution >= 0.6 is 15.9 Å². The van der Waals surface area contributed by atoms with Crippen molar-refractivity contribution in [1.82, 2.24) is 0 Å². The largest absolute Gasteiger partial charge is 0.469 e. The number of nitro groups is 1. The fourth-order valence-corrected chi connectivity index (χ4v) is 5.30. The van der Waals surface area contributed by atoms with Gasteiger partial charge in [0.2, 0.25) is 6.04 Å². The molecule has 0 bridgehead atoms. The van der Waals surface area contributed by atoms with Crippen molar-refractivity contribution in [2.45, 2.75) is 30.4 Å². The molecule has 0 amide bonds. The van der Waals surface area contributed by atoms with E-state index in [0.29, 0.717) is 21.9 Å². The summed E-state index contributed by atoms with van der Waals surface area (Å²) in [4.78, 5) is 36.9. The highest BCUT2D eigenvalue weighted by Crippen LogP contribution is 2.54. The SMILES string of the molecule is COC(=O)[C@H]1[C@H](c2ccccc2Br)[C@H]([N+](=O)[O-])[C@H](c2ccccc2)[C@@H](C=O)[C@@]1(C)O. The molecule has 0 aliphatic heterocycles. The van der Waals surface area contributed by atoms with Gasteiger partial charge in [-0.15, -0.1) is 0 Å². The molecule has 0 aromatic heterocycles. The summed E-state index contributed by atoms with van der Waals surface area (Å²) >= 11 is 3.43. The lowest BCUT2D eigenvalue weighted by Crippen LogP contribution is -2.61. The van der Waals surface area contributed by atoms with E-state index in [9.17, 15) is 24.8 Å². The monoisotopic (exact) mass is 475 g/mol. The molecule has 7 nitrogen and oxygen atoms in total. The summed E-state index contributed by atoms with van der Waals surface area (Å²) in [5, 5.41) is 23.9. The summed E-state index contributed by atoms with van der Waals surface area (Å²) in [6, 6.07) is 14.1. The number of aliphatic hydroxyl groups is 1. The molecule has 2 aromatic carbocycles. The van der Waals surface area contributed by atoms with Crippen LogP contribution in [0.3, 0.4) is 0 Å². The molecule has 30 heavy (non-hydrogen) atoms. The maximum atomic E-state index is 12.8. The summed E-state index contributed by atoms with van der Waals surface area (Å²) in [7, 11) is 1.16. The van der Waals surface area contributed by atoms with Crippen molar-refractivity contribution in [2.75, 3.05) is 7.11 Å². The van der Waals surface area contributed by atoms with Crippen LogP contribution < -0.4 is 0 Å². The molecule has 0 unspecified atom stereocenters.